The molecule has 0 radical (unpaired) electrons. The molecule has 432 valence electrons. The Hall–Kier alpha value is -10.2. The van der Waals surface area contributed by atoms with Crippen LogP contribution >= 0.6 is 34.3 Å². The molecule has 17 aromatic rings. The maximum atomic E-state index is 6.15. The highest BCUT2D eigenvalue weighted by atomic mass is 35.5. The zero-order valence-corrected chi connectivity index (χ0v) is 52.8. The zero-order valence-electron chi connectivity index (χ0n) is 50.4. The number of hydrogen-bond acceptors (Lipinski definition) is 6. The van der Waals surface area contributed by atoms with E-state index in [-0.39, 0.29) is 16.1 Å². The van der Waals surface area contributed by atoms with Crippen molar-refractivity contribution in [2.45, 2.75) is 44.9 Å². The summed E-state index contributed by atoms with van der Waals surface area (Å²) in [5.41, 5.74) is 22.6. The molecule has 8 heteroatoms. The first kappa shape index (κ1) is 53.8. The van der Waals surface area contributed by atoms with Crippen LogP contribution in [-0.2, 0) is 17.3 Å². The molecule has 0 aliphatic heterocycles. The maximum Gasteiger partial charge on any atom is 0.235 e. The van der Waals surface area contributed by atoms with Gasteiger partial charge in [0, 0.05) is 79.0 Å². The minimum absolute atomic E-state index is 0.0523. The minimum Gasteiger partial charge on any atom is -0.278 e. The van der Waals surface area contributed by atoms with E-state index < -0.39 is 0 Å². The molecule has 3 aliphatic rings. The average molecular weight is 1220 g/mol. The van der Waals surface area contributed by atoms with E-state index in [0.717, 1.165) is 77.9 Å². The lowest BCUT2D eigenvalue weighted by molar-refractivity contribution is 0.667. The molecule has 0 unspecified atom stereocenters. The number of hydrogen-bond donors (Lipinski definition) is 0. The smallest absolute Gasteiger partial charge is 0.235 e. The fourth-order valence-corrected chi connectivity index (χ4v) is 18.7. The molecule has 5 nitrogen and oxygen atoms in total. The highest BCUT2D eigenvalue weighted by Gasteiger charge is 2.41. The summed E-state index contributed by atoms with van der Waals surface area (Å²) in [5.74, 6) is 0.693. The Morgan fingerprint density at radius 3 is 1.49 bits per heavy atom. The van der Waals surface area contributed by atoms with Crippen LogP contribution in [-0.4, -0.2) is 24.5 Å². The molecule has 0 saturated carbocycles. The van der Waals surface area contributed by atoms with Crippen LogP contribution in [0.5, 0.6) is 0 Å². The third-order valence-corrected chi connectivity index (χ3v) is 22.2. The fourth-order valence-electron chi connectivity index (χ4n) is 15.4. The predicted octanol–water partition coefficient (Wildman–Crippen LogP) is 23.0. The molecule has 5 aromatic heterocycles. The van der Waals surface area contributed by atoms with Crippen molar-refractivity contribution >= 4 is 120 Å². The van der Waals surface area contributed by atoms with Crippen molar-refractivity contribution in [1.82, 2.24) is 24.5 Å². The van der Waals surface area contributed by atoms with Crippen LogP contribution in [0.25, 0.3) is 146 Å². The molecule has 0 atom stereocenters. The van der Waals surface area contributed by atoms with E-state index in [2.05, 4.69) is 255 Å². The van der Waals surface area contributed by atoms with Crippen LogP contribution in [0.1, 0.15) is 61.1 Å². The first-order chi connectivity index (χ1) is 44.6. The second-order valence-corrected chi connectivity index (χ2v) is 27.6. The van der Waals surface area contributed by atoms with Crippen LogP contribution in [0.4, 0.5) is 0 Å². The lowest BCUT2D eigenvalue weighted by atomic mass is 9.81. The van der Waals surface area contributed by atoms with Crippen LogP contribution in [0, 0.1) is 0 Å². The van der Waals surface area contributed by atoms with Crippen molar-refractivity contribution < 1.29 is 0 Å². The Bertz CT molecular complexity index is 5900. The van der Waals surface area contributed by atoms with Crippen LogP contribution in [0.15, 0.2) is 255 Å². The van der Waals surface area contributed by atoms with E-state index in [1.54, 1.807) is 0 Å². The van der Waals surface area contributed by atoms with Gasteiger partial charge in [0.25, 0.3) is 0 Å². The first-order valence-electron chi connectivity index (χ1n) is 31.1. The number of aromatic nitrogens is 5. The number of thiophene rings is 2. The molecule has 91 heavy (non-hydrogen) atoms. The number of para-hydroxylation sites is 1. The summed E-state index contributed by atoms with van der Waals surface area (Å²) in [5, 5.41) is 12.2. The first-order valence-corrected chi connectivity index (χ1v) is 33.1. The van der Waals surface area contributed by atoms with E-state index >= 15 is 0 Å². The van der Waals surface area contributed by atoms with Crippen molar-refractivity contribution in [3.63, 3.8) is 0 Å². The van der Waals surface area contributed by atoms with Crippen LogP contribution in [0.3, 0.4) is 0 Å². The summed E-state index contributed by atoms with van der Waals surface area (Å²) in [6.07, 6.45) is 1.07. The maximum absolute atomic E-state index is 6.15. The van der Waals surface area contributed by atoms with Crippen molar-refractivity contribution in [1.29, 1.82) is 0 Å². The molecule has 0 amide bonds. The topological polar surface area (TPSA) is 56.5 Å². The van der Waals surface area contributed by atoms with Gasteiger partial charge in [-0.15, -0.1) is 22.7 Å². The lowest BCUT2D eigenvalue weighted by Gasteiger charge is -2.21. The molecule has 0 bridgehead atoms. The number of benzene rings is 12. The van der Waals surface area contributed by atoms with Gasteiger partial charge in [-0.05, 0) is 114 Å². The summed E-state index contributed by atoms with van der Waals surface area (Å²) in [7, 11) is 0. The SMILES string of the molecule is CC1(C)c2ccccc2-c2sc3c(ccc4c3c3ccccc3n4-c3nc(-c4ccccc4)c4ccc5ccccc5c4n3)c21.CC1(C)c2ccccc2-c2sc3c4c(ccc3c21)Cc1ccccc1-4.Clc1nc(-c2ccccc2)c2ccc3ccccc3c2n1. The Kier molecular flexibility index (Phi) is 12.1. The van der Waals surface area contributed by atoms with E-state index in [9.17, 15) is 0 Å². The molecule has 12 aromatic carbocycles. The molecule has 3 aliphatic carbocycles. The molecule has 20 rings (SSSR count). The molecule has 0 spiro atoms. The third-order valence-electron chi connectivity index (χ3n) is 19.5. The van der Waals surface area contributed by atoms with Gasteiger partial charge in [0.1, 0.15) is 0 Å². The van der Waals surface area contributed by atoms with Gasteiger partial charge in [-0.3, -0.25) is 4.57 Å². The molecular weight excluding hydrogens is 1170 g/mol. The van der Waals surface area contributed by atoms with Crippen molar-refractivity contribution in [2.24, 2.45) is 0 Å². The minimum atomic E-state index is -0.0523. The van der Waals surface area contributed by atoms with Gasteiger partial charge in [0.2, 0.25) is 11.2 Å². The van der Waals surface area contributed by atoms with Crippen molar-refractivity contribution in [2.75, 3.05) is 0 Å². The van der Waals surface area contributed by atoms with E-state index in [1.807, 2.05) is 65.1 Å². The molecule has 0 saturated heterocycles. The lowest BCUT2D eigenvalue weighted by Crippen LogP contribution is -2.14. The number of nitrogens with zero attached hydrogens (tertiary/aromatic N) is 5. The van der Waals surface area contributed by atoms with Crippen molar-refractivity contribution in [3.8, 4) is 60.5 Å². The Morgan fingerprint density at radius 1 is 0.374 bits per heavy atom. The molecule has 5 heterocycles. The summed E-state index contributed by atoms with van der Waals surface area (Å²) in [6.45, 7) is 9.50. The Labute approximate surface area is 539 Å². The van der Waals surface area contributed by atoms with Gasteiger partial charge in [-0.1, -0.05) is 258 Å². The quantitative estimate of drug-likeness (QED) is 0.131. The second-order valence-electron chi connectivity index (χ2n) is 25.3. The number of rotatable bonds is 3. The van der Waals surface area contributed by atoms with Gasteiger partial charge >= 0.3 is 0 Å². The standard InChI is InChI=1S/C41H27N3S.C24H18S.C18H11ClN2/c1-41(2)31-18-10-8-16-27(31)39-35(41)29-22-23-33-34(38(29)45-39)28-17-9-11-19-32(28)44(33)40-42-36(25-13-4-3-5-14-25)30-21-20-24-12-6-7-15-26(24)37(30)43-40;1-24(2)19-10-6-5-9-17(19)23-21(24)18-12-11-15-13-14-7-3-4-8-16(14)20(15)22(18)25-23;19-18-20-16(13-7-2-1-3-8-13)15-11-10-12-6-4-5-9-14(12)17(15)21-18/h3-23H,1-2H3;3-12H,13H2,1-2H3;1-11H. The number of halogens is 1. The highest BCUT2D eigenvalue weighted by molar-refractivity contribution is 7.24. The average Bonchev–Trinajstić information content (AvgIpc) is 1.56. The van der Waals surface area contributed by atoms with Crippen LogP contribution in [0.2, 0.25) is 5.28 Å². The van der Waals surface area contributed by atoms with E-state index in [1.165, 1.54) is 102 Å². The van der Waals surface area contributed by atoms with Gasteiger partial charge < -0.3 is 0 Å². The predicted molar refractivity (Wildman–Crippen MR) is 385 cm³/mol. The van der Waals surface area contributed by atoms with Crippen LogP contribution < -0.4 is 0 Å². The molecule has 0 N–H and O–H groups in total. The summed E-state index contributed by atoms with van der Waals surface area (Å²) in [6, 6.07) is 90.7. The fraction of sp³-hybridized carbons (Fsp3) is 0.0843. The monoisotopic (exact) mass is 1220 g/mol. The Balaban J connectivity index is 0.000000112. The van der Waals surface area contributed by atoms with Gasteiger partial charge in [0.05, 0.1) is 33.5 Å². The highest BCUT2D eigenvalue weighted by Crippen LogP contribution is 2.59. The normalized spacial score (nSPS) is 13.7. The summed E-state index contributed by atoms with van der Waals surface area (Å²) in [4.78, 5) is 22.5. The largest absolute Gasteiger partial charge is 0.278 e. The zero-order chi connectivity index (χ0) is 60.9. The molecule has 0 fully saturated rings. The molecular formula is C83H56ClN5S2. The van der Waals surface area contributed by atoms with E-state index in [4.69, 9.17) is 21.6 Å². The number of fused-ring (bicyclic) bond motifs is 24. The van der Waals surface area contributed by atoms with Gasteiger partial charge in [0.15, 0.2) is 0 Å². The van der Waals surface area contributed by atoms with Gasteiger partial charge in [-0.2, -0.15) is 0 Å². The third kappa shape index (κ3) is 8.14. The van der Waals surface area contributed by atoms with Gasteiger partial charge in [-0.25, -0.2) is 19.9 Å². The summed E-state index contributed by atoms with van der Waals surface area (Å²) >= 11 is 10.1. The summed E-state index contributed by atoms with van der Waals surface area (Å²) < 4.78 is 5.10. The second kappa shape index (κ2) is 20.4. The Morgan fingerprint density at radius 2 is 0.857 bits per heavy atom. The van der Waals surface area contributed by atoms with Crippen molar-refractivity contribution in [3.05, 3.63) is 293 Å². The van der Waals surface area contributed by atoms with E-state index in [0.29, 0.717) is 5.95 Å².